The first-order chi connectivity index (χ1) is 5.72. The van der Waals surface area contributed by atoms with E-state index in [0.29, 0.717) is 6.42 Å². The van der Waals surface area contributed by atoms with Gasteiger partial charge in [0.05, 0.1) is 5.88 Å². The molecule has 0 spiro atoms. The molecule has 0 aliphatic rings. The van der Waals surface area contributed by atoms with Gasteiger partial charge in [0.2, 0.25) is 0 Å². The van der Waals surface area contributed by atoms with E-state index in [-0.39, 0.29) is 11.7 Å². The van der Waals surface area contributed by atoms with Gasteiger partial charge in [0.1, 0.15) is 0 Å². The lowest BCUT2D eigenvalue weighted by molar-refractivity contribution is -0.116. The Morgan fingerprint density at radius 1 is 1.50 bits per heavy atom. The number of ketones is 1. The van der Waals surface area contributed by atoms with E-state index in [1.54, 1.807) is 0 Å². The van der Waals surface area contributed by atoms with E-state index in [9.17, 15) is 4.79 Å². The van der Waals surface area contributed by atoms with Gasteiger partial charge in [0, 0.05) is 6.42 Å². The molecule has 1 rings (SSSR count). The van der Waals surface area contributed by atoms with Gasteiger partial charge in [-0.25, -0.2) is 0 Å². The number of carbonyl (C=O) groups excluding carboxylic acids is 1. The molecular weight excluding hydrogens is 172 g/mol. The summed E-state index contributed by atoms with van der Waals surface area (Å²) >= 11 is 5.39. The van der Waals surface area contributed by atoms with Gasteiger partial charge < -0.3 is 0 Å². The summed E-state index contributed by atoms with van der Waals surface area (Å²) in [5.41, 5.74) is 2.22. The van der Waals surface area contributed by atoms with E-state index in [4.69, 9.17) is 11.6 Å². The highest BCUT2D eigenvalue weighted by atomic mass is 35.5. The first kappa shape index (κ1) is 9.27. The molecule has 0 unspecified atom stereocenters. The van der Waals surface area contributed by atoms with Crippen LogP contribution in [0.25, 0.3) is 0 Å². The summed E-state index contributed by atoms with van der Waals surface area (Å²) in [6, 6.07) is 7.91. The minimum atomic E-state index is 0.0715. The summed E-state index contributed by atoms with van der Waals surface area (Å²) in [7, 11) is 0. The number of halogens is 1. The molecule has 0 heterocycles. The average Bonchev–Trinajstić information content (AvgIpc) is 2.04. The molecule has 0 aliphatic carbocycles. The monoisotopic (exact) mass is 182 g/mol. The molecule has 0 aliphatic heterocycles. The largest absolute Gasteiger partial charge is 0.298 e. The second kappa shape index (κ2) is 4.27. The third-order valence-corrected chi connectivity index (χ3v) is 1.93. The van der Waals surface area contributed by atoms with Crippen molar-refractivity contribution in [2.45, 2.75) is 13.3 Å². The lowest BCUT2D eigenvalue weighted by Gasteiger charge is -1.99. The Balaban J connectivity index is 2.69. The fourth-order valence-electron chi connectivity index (χ4n) is 1.10. The van der Waals surface area contributed by atoms with E-state index in [1.165, 1.54) is 5.56 Å². The molecule has 64 valence electrons. The highest BCUT2D eigenvalue weighted by Gasteiger charge is 2.00. The lowest BCUT2D eigenvalue weighted by atomic mass is 10.1. The Labute approximate surface area is 77.4 Å². The summed E-state index contributed by atoms with van der Waals surface area (Å²) in [5.74, 6) is 0.177. The Kier molecular flexibility index (Phi) is 3.30. The zero-order chi connectivity index (χ0) is 8.97. The third kappa shape index (κ3) is 2.67. The SMILES string of the molecule is Cc1cccc(CC(=O)CCl)c1. The zero-order valence-electron chi connectivity index (χ0n) is 7.01. The molecule has 0 amide bonds. The highest BCUT2D eigenvalue weighted by Crippen LogP contribution is 2.05. The molecular formula is C10H11ClO. The quantitative estimate of drug-likeness (QED) is 0.656. The number of alkyl halides is 1. The molecule has 0 atom stereocenters. The second-order valence-electron chi connectivity index (χ2n) is 2.84. The van der Waals surface area contributed by atoms with Gasteiger partial charge in [-0.3, -0.25) is 4.79 Å². The van der Waals surface area contributed by atoms with E-state index in [1.807, 2.05) is 31.2 Å². The number of benzene rings is 1. The van der Waals surface area contributed by atoms with Gasteiger partial charge >= 0.3 is 0 Å². The fraction of sp³-hybridized carbons (Fsp3) is 0.300. The highest BCUT2D eigenvalue weighted by molar-refractivity contribution is 6.27. The van der Waals surface area contributed by atoms with Crippen LogP contribution in [0.1, 0.15) is 11.1 Å². The molecule has 1 aromatic carbocycles. The Morgan fingerprint density at radius 3 is 2.83 bits per heavy atom. The van der Waals surface area contributed by atoms with E-state index >= 15 is 0 Å². The smallest absolute Gasteiger partial charge is 0.151 e. The number of carbonyl (C=O) groups is 1. The minimum Gasteiger partial charge on any atom is -0.298 e. The molecule has 0 aromatic heterocycles. The topological polar surface area (TPSA) is 17.1 Å². The van der Waals surface area contributed by atoms with Crippen molar-refractivity contribution in [1.82, 2.24) is 0 Å². The maximum absolute atomic E-state index is 11.0. The predicted octanol–water partition coefficient (Wildman–Crippen LogP) is 2.35. The van der Waals surface area contributed by atoms with Gasteiger partial charge in [-0.15, -0.1) is 11.6 Å². The number of rotatable bonds is 3. The number of aryl methyl sites for hydroxylation is 1. The summed E-state index contributed by atoms with van der Waals surface area (Å²) in [4.78, 5) is 11.0. The van der Waals surface area contributed by atoms with Crippen molar-refractivity contribution in [3.63, 3.8) is 0 Å². The van der Waals surface area contributed by atoms with Gasteiger partial charge in [-0.05, 0) is 12.5 Å². The molecule has 0 fully saturated rings. The summed E-state index contributed by atoms with van der Waals surface area (Å²) in [6.45, 7) is 2.01. The molecule has 0 radical (unpaired) electrons. The van der Waals surface area contributed by atoms with Crippen molar-refractivity contribution in [1.29, 1.82) is 0 Å². The maximum Gasteiger partial charge on any atom is 0.151 e. The summed E-state index contributed by atoms with van der Waals surface area (Å²) in [5, 5.41) is 0. The van der Waals surface area contributed by atoms with Crippen LogP contribution in [-0.2, 0) is 11.2 Å². The van der Waals surface area contributed by atoms with Crippen LogP contribution in [0.3, 0.4) is 0 Å². The van der Waals surface area contributed by atoms with E-state index in [0.717, 1.165) is 5.56 Å². The van der Waals surface area contributed by atoms with Gasteiger partial charge in [-0.2, -0.15) is 0 Å². The Hall–Kier alpha value is -0.820. The van der Waals surface area contributed by atoms with Crippen LogP contribution in [-0.4, -0.2) is 11.7 Å². The fourth-order valence-corrected chi connectivity index (χ4v) is 1.19. The molecule has 2 heteroatoms. The van der Waals surface area contributed by atoms with Crippen LogP contribution in [0, 0.1) is 6.92 Å². The molecule has 0 bridgehead atoms. The molecule has 1 nitrogen and oxygen atoms in total. The summed E-state index contributed by atoms with van der Waals surface area (Å²) < 4.78 is 0. The molecule has 1 aromatic rings. The van der Waals surface area contributed by atoms with Crippen LogP contribution in [0.4, 0.5) is 0 Å². The first-order valence-electron chi connectivity index (χ1n) is 3.85. The third-order valence-electron chi connectivity index (χ3n) is 1.63. The Morgan fingerprint density at radius 2 is 2.25 bits per heavy atom. The summed E-state index contributed by atoms with van der Waals surface area (Å²) in [6.07, 6.45) is 0.450. The zero-order valence-corrected chi connectivity index (χ0v) is 7.77. The van der Waals surface area contributed by atoms with Crippen LogP contribution < -0.4 is 0 Å². The van der Waals surface area contributed by atoms with E-state index in [2.05, 4.69) is 0 Å². The van der Waals surface area contributed by atoms with Crippen LogP contribution in [0.15, 0.2) is 24.3 Å². The van der Waals surface area contributed by atoms with Crippen molar-refractivity contribution < 1.29 is 4.79 Å². The first-order valence-corrected chi connectivity index (χ1v) is 4.39. The number of hydrogen-bond acceptors (Lipinski definition) is 1. The van der Waals surface area contributed by atoms with Gasteiger partial charge in [0.15, 0.2) is 5.78 Å². The normalized spacial score (nSPS) is 9.83. The van der Waals surface area contributed by atoms with Gasteiger partial charge in [-0.1, -0.05) is 29.8 Å². The van der Waals surface area contributed by atoms with Crippen LogP contribution in [0.2, 0.25) is 0 Å². The van der Waals surface area contributed by atoms with Crippen molar-refractivity contribution in [3.8, 4) is 0 Å². The van der Waals surface area contributed by atoms with Crippen LogP contribution in [0.5, 0.6) is 0 Å². The number of hydrogen-bond donors (Lipinski definition) is 0. The molecule has 0 saturated carbocycles. The van der Waals surface area contributed by atoms with Gasteiger partial charge in [0.25, 0.3) is 0 Å². The van der Waals surface area contributed by atoms with Crippen LogP contribution >= 0.6 is 11.6 Å². The minimum absolute atomic E-state index is 0.0715. The average molecular weight is 183 g/mol. The second-order valence-corrected chi connectivity index (χ2v) is 3.11. The van der Waals surface area contributed by atoms with Crippen molar-refractivity contribution >= 4 is 17.4 Å². The molecule has 12 heavy (non-hydrogen) atoms. The standard InChI is InChI=1S/C10H11ClO/c1-8-3-2-4-9(5-8)6-10(12)7-11/h2-5H,6-7H2,1H3. The predicted molar refractivity (Wildman–Crippen MR) is 50.6 cm³/mol. The molecule has 0 N–H and O–H groups in total. The van der Waals surface area contributed by atoms with E-state index < -0.39 is 0 Å². The van der Waals surface area contributed by atoms with Crippen molar-refractivity contribution in [3.05, 3.63) is 35.4 Å². The Bertz CT molecular complexity index is 281. The molecule has 0 saturated heterocycles. The van der Waals surface area contributed by atoms with Crippen molar-refractivity contribution in [2.24, 2.45) is 0 Å². The number of Topliss-reactive ketones (excluding diaryl/α,β-unsaturated/α-hetero) is 1. The maximum atomic E-state index is 11.0. The van der Waals surface area contributed by atoms with Crippen molar-refractivity contribution in [2.75, 3.05) is 5.88 Å². The lowest BCUT2D eigenvalue weighted by Crippen LogP contribution is -2.03.